The first kappa shape index (κ1) is 14.2. The fraction of sp³-hybridized carbons (Fsp3) is 1.00. The van der Waals surface area contributed by atoms with Crippen LogP contribution in [-0.2, 0) is 0 Å². The van der Waals surface area contributed by atoms with Crippen LogP contribution < -0.4 is 5.32 Å². The van der Waals surface area contributed by atoms with E-state index in [4.69, 9.17) is 0 Å². The summed E-state index contributed by atoms with van der Waals surface area (Å²) in [6, 6.07) is 0.893. The van der Waals surface area contributed by atoms with Crippen LogP contribution in [0.2, 0.25) is 0 Å². The van der Waals surface area contributed by atoms with Gasteiger partial charge in [-0.2, -0.15) is 11.8 Å². The van der Waals surface area contributed by atoms with Crippen molar-refractivity contribution in [3.63, 3.8) is 0 Å². The van der Waals surface area contributed by atoms with Crippen molar-refractivity contribution >= 4 is 11.8 Å². The molecule has 1 saturated heterocycles. The van der Waals surface area contributed by atoms with Crippen LogP contribution in [0.25, 0.3) is 0 Å². The van der Waals surface area contributed by atoms with Gasteiger partial charge in [-0.15, -0.1) is 0 Å². The van der Waals surface area contributed by atoms with Crippen LogP contribution in [0, 0.1) is 0 Å². The highest BCUT2D eigenvalue weighted by Gasteiger charge is 2.38. The average Bonchev–Trinajstić information content (AvgIpc) is 2.48. The van der Waals surface area contributed by atoms with Crippen LogP contribution in [-0.4, -0.2) is 47.6 Å². The highest BCUT2D eigenvalue weighted by atomic mass is 32.2. The third-order valence-electron chi connectivity index (χ3n) is 5.71. The second-order valence-corrected chi connectivity index (χ2v) is 8.04. The molecule has 0 amide bonds. The molecule has 0 unspecified atom stereocenters. The van der Waals surface area contributed by atoms with Gasteiger partial charge in [-0.3, -0.25) is 4.90 Å². The van der Waals surface area contributed by atoms with E-state index < -0.39 is 0 Å². The fourth-order valence-electron chi connectivity index (χ4n) is 4.51. The van der Waals surface area contributed by atoms with E-state index in [1.165, 1.54) is 77.4 Å². The number of nitrogens with zero attached hydrogens (tertiary/aromatic N) is 1. The molecule has 1 heterocycles. The number of hydrogen-bond acceptors (Lipinski definition) is 3. The Morgan fingerprint density at radius 3 is 2.47 bits per heavy atom. The van der Waals surface area contributed by atoms with Crippen LogP contribution in [0.5, 0.6) is 0 Å². The van der Waals surface area contributed by atoms with Crippen molar-refractivity contribution in [2.75, 3.05) is 25.9 Å². The van der Waals surface area contributed by atoms with Gasteiger partial charge < -0.3 is 5.32 Å². The summed E-state index contributed by atoms with van der Waals surface area (Å²) in [5, 5.41) is 4.82. The third kappa shape index (κ3) is 3.30. The molecule has 1 aliphatic heterocycles. The minimum atomic E-state index is 0.493. The first-order chi connectivity index (χ1) is 9.31. The number of hydrogen-bond donors (Lipinski definition) is 1. The highest BCUT2D eigenvalue weighted by molar-refractivity contribution is 7.99. The van der Waals surface area contributed by atoms with Crippen molar-refractivity contribution in [3.05, 3.63) is 0 Å². The topological polar surface area (TPSA) is 15.3 Å². The first-order valence-electron chi connectivity index (χ1n) is 8.33. The zero-order chi connectivity index (χ0) is 13.1. The van der Waals surface area contributed by atoms with Crippen molar-refractivity contribution in [1.29, 1.82) is 0 Å². The molecule has 2 saturated carbocycles. The van der Waals surface area contributed by atoms with E-state index in [2.05, 4.69) is 28.2 Å². The zero-order valence-corrected chi connectivity index (χ0v) is 13.3. The van der Waals surface area contributed by atoms with Crippen molar-refractivity contribution in [1.82, 2.24) is 10.2 Å². The Bertz CT molecular complexity index is 275. The van der Waals surface area contributed by atoms with Crippen LogP contribution in [0.3, 0.4) is 0 Å². The molecular formula is C16H30N2S. The molecule has 0 bridgehead atoms. The lowest BCUT2D eigenvalue weighted by Gasteiger charge is -2.49. The highest BCUT2D eigenvalue weighted by Crippen LogP contribution is 2.34. The van der Waals surface area contributed by atoms with E-state index in [1.807, 2.05) is 0 Å². The molecule has 2 aliphatic carbocycles. The van der Waals surface area contributed by atoms with Gasteiger partial charge in [0.2, 0.25) is 0 Å². The lowest BCUT2D eigenvalue weighted by molar-refractivity contribution is 0.0547. The fourth-order valence-corrected chi connectivity index (χ4v) is 5.25. The van der Waals surface area contributed by atoms with Gasteiger partial charge in [-0.1, -0.05) is 19.3 Å². The van der Waals surface area contributed by atoms with E-state index in [9.17, 15) is 0 Å². The quantitative estimate of drug-likeness (QED) is 0.837. The van der Waals surface area contributed by atoms with Crippen molar-refractivity contribution < 1.29 is 0 Å². The van der Waals surface area contributed by atoms with Crippen LogP contribution in [0.1, 0.15) is 57.8 Å². The molecule has 19 heavy (non-hydrogen) atoms. The van der Waals surface area contributed by atoms with Crippen molar-refractivity contribution in [2.45, 2.75) is 74.6 Å². The maximum Gasteiger partial charge on any atom is 0.0309 e. The van der Waals surface area contributed by atoms with E-state index in [1.54, 1.807) is 0 Å². The van der Waals surface area contributed by atoms with Gasteiger partial charge in [-0.05, 0) is 44.8 Å². The number of thioether (sulfide) groups is 1. The summed E-state index contributed by atoms with van der Waals surface area (Å²) in [4.78, 5) is 2.85. The average molecular weight is 282 g/mol. The normalized spacial score (nSPS) is 36.5. The summed E-state index contributed by atoms with van der Waals surface area (Å²) < 4.78 is 0. The Labute approximate surface area is 123 Å². The van der Waals surface area contributed by atoms with E-state index in [0.717, 1.165) is 11.3 Å². The van der Waals surface area contributed by atoms with Gasteiger partial charge in [0.25, 0.3) is 0 Å². The molecule has 0 radical (unpaired) electrons. The Kier molecular flexibility index (Phi) is 4.76. The Hall–Kier alpha value is 0.270. The van der Waals surface area contributed by atoms with Crippen LogP contribution in [0.4, 0.5) is 0 Å². The molecule has 1 spiro atoms. The third-order valence-corrected chi connectivity index (χ3v) is 6.85. The predicted octanol–water partition coefficient (Wildman–Crippen LogP) is 3.27. The summed E-state index contributed by atoms with van der Waals surface area (Å²) in [6.45, 7) is 3.85. The largest absolute Gasteiger partial charge is 0.309 e. The molecule has 0 aromatic rings. The molecular weight excluding hydrogens is 252 g/mol. The lowest BCUT2D eigenvalue weighted by atomic mass is 9.79. The smallest absolute Gasteiger partial charge is 0.0309 e. The first-order valence-corrected chi connectivity index (χ1v) is 9.62. The van der Waals surface area contributed by atoms with E-state index in [-0.39, 0.29) is 0 Å². The predicted molar refractivity (Wildman–Crippen MR) is 85.0 cm³/mol. The lowest BCUT2D eigenvalue weighted by Crippen LogP contribution is -2.63. The second kappa shape index (κ2) is 6.36. The van der Waals surface area contributed by atoms with E-state index >= 15 is 0 Å². The second-order valence-electron chi connectivity index (χ2n) is 6.90. The minimum Gasteiger partial charge on any atom is -0.309 e. The summed E-state index contributed by atoms with van der Waals surface area (Å²) >= 11 is 2.09. The summed E-state index contributed by atoms with van der Waals surface area (Å²) in [5.41, 5.74) is 0.493. The monoisotopic (exact) mass is 282 g/mol. The van der Waals surface area contributed by atoms with Crippen molar-refractivity contribution in [2.24, 2.45) is 0 Å². The van der Waals surface area contributed by atoms with Gasteiger partial charge in [0, 0.05) is 36.5 Å². The summed E-state index contributed by atoms with van der Waals surface area (Å²) in [7, 11) is 0. The molecule has 2 nitrogen and oxygen atoms in total. The Morgan fingerprint density at radius 1 is 1.05 bits per heavy atom. The molecule has 3 rings (SSSR count). The standard InChI is InChI=1S/C16H30N2S/c1-19-15-7-5-14(6-8-15)18-12-11-17-16(13-18)9-3-2-4-10-16/h14-15,17H,2-13H2,1H3. The summed E-state index contributed by atoms with van der Waals surface area (Å²) in [5.74, 6) is 0. The molecule has 0 aromatic heterocycles. The summed E-state index contributed by atoms with van der Waals surface area (Å²) in [6.07, 6.45) is 15.3. The van der Waals surface area contributed by atoms with Crippen LogP contribution >= 0.6 is 11.8 Å². The van der Waals surface area contributed by atoms with Gasteiger partial charge in [-0.25, -0.2) is 0 Å². The Balaban J connectivity index is 1.56. The zero-order valence-electron chi connectivity index (χ0n) is 12.5. The van der Waals surface area contributed by atoms with Crippen LogP contribution in [0.15, 0.2) is 0 Å². The maximum atomic E-state index is 3.88. The SMILES string of the molecule is CSC1CCC(N2CCNC3(CCCCC3)C2)CC1. The van der Waals surface area contributed by atoms with Gasteiger partial charge >= 0.3 is 0 Å². The molecule has 0 aromatic carbocycles. The van der Waals surface area contributed by atoms with Crippen molar-refractivity contribution in [3.8, 4) is 0 Å². The molecule has 3 fully saturated rings. The molecule has 3 aliphatic rings. The minimum absolute atomic E-state index is 0.493. The number of piperazine rings is 1. The van der Waals surface area contributed by atoms with Gasteiger partial charge in [0.1, 0.15) is 0 Å². The molecule has 3 heteroatoms. The maximum absolute atomic E-state index is 3.88. The Morgan fingerprint density at radius 2 is 1.79 bits per heavy atom. The number of rotatable bonds is 2. The number of nitrogens with one attached hydrogen (secondary N) is 1. The van der Waals surface area contributed by atoms with Gasteiger partial charge in [0.15, 0.2) is 0 Å². The van der Waals surface area contributed by atoms with E-state index in [0.29, 0.717) is 5.54 Å². The molecule has 0 atom stereocenters. The molecule has 1 N–H and O–H groups in total. The molecule has 110 valence electrons. The van der Waals surface area contributed by atoms with Gasteiger partial charge in [0.05, 0.1) is 0 Å².